The Morgan fingerprint density at radius 1 is 1.80 bits per heavy atom. The molecule has 1 radical (unpaired) electrons. The first-order valence-electron chi connectivity index (χ1n) is 1.09. The number of hydrogen-bond donors (Lipinski definition) is 1. The van der Waals surface area contributed by atoms with Gasteiger partial charge in [-0.15, -0.1) is 0 Å². The quantitative estimate of drug-likeness (QED) is 0.397. The van der Waals surface area contributed by atoms with E-state index in [9.17, 15) is 0 Å². The van der Waals surface area contributed by atoms with Gasteiger partial charge in [-0.1, -0.05) is 6.92 Å². The number of hydrogen-bond acceptors (Lipinski definition) is 1. The van der Waals surface area contributed by atoms with Gasteiger partial charge in [-0.3, -0.25) is 0 Å². The Morgan fingerprint density at radius 2 is 2.00 bits per heavy atom. The van der Waals surface area contributed by atoms with Crippen molar-refractivity contribution in [2.45, 2.75) is 6.92 Å². The Labute approximate surface area is 57.0 Å². The van der Waals surface area contributed by atoms with Crippen molar-refractivity contribution in [3.05, 3.63) is 12.3 Å². The summed E-state index contributed by atoms with van der Waals surface area (Å²) in [5.41, 5.74) is 0. The van der Waals surface area contributed by atoms with E-state index in [0.717, 1.165) is 0 Å². The average molecular weight is 146 g/mol. The Hall–Kier alpha value is 0.644. The normalized spacial score (nSPS) is 7.40. The summed E-state index contributed by atoms with van der Waals surface area (Å²) in [4.78, 5) is 0. The van der Waals surface area contributed by atoms with E-state index in [1.54, 1.807) is 13.2 Å². The third-order valence-corrected chi connectivity index (χ3v) is 0.129. The fourth-order valence-electron chi connectivity index (χ4n) is 0. The van der Waals surface area contributed by atoms with E-state index in [1.807, 2.05) is 0 Å². The van der Waals surface area contributed by atoms with E-state index in [0.29, 0.717) is 0 Å². The molecule has 1 N–H and O–H groups in total. The van der Waals surface area contributed by atoms with Crippen molar-refractivity contribution in [2.24, 2.45) is 0 Å². The Morgan fingerprint density at radius 3 is 2.00 bits per heavy atom. The van der Waals surface area contributed by atoms with Gasteiger partial charge < -0.3 is 11.4 Å². The van der Waals surface area contributed by atoms with Crippen LogP contribution in [0.3, 0.4) is 0 Å². The summed E-state index contributed by atoms with van der Waals surface area (Å²) in [7, 11) is 0. The topological polar surface area (TPSA) is 20.2 Å². The zero-order valence-corrected chi connectivity index (χ0v) is 5.94. The zero-order valence-electron chi connectivity index (χ0n) is 3.10. The van der Waals surface area contributed by atoms with Crippen LogP contribution in [0.25, 0.3) is 0 Å². The van der Waals surface area contributed by atoms with Gasteiger partial charge in [-0.25, -0.2) is 6.08 Å². The van der Waals surface area contributed by atoms with E-state index < -0.39 is 0 Å². The first kappa shape index (κ1) is 9.17. The van der Waals surface area contributed by atoms with Crippen molar-refractivity contribution in [3.63, 3.8) is 0 Å². The summed E-state index contributed by atoms with van der Waals surface area (Å²) in [5.74, 6) is 0. The third kappa shape index (κ3) is 12.0. The van der Waals surface area contributed by atoms with Gasteiger partial charge >= 0.3 is 0 Å². The van der Waals surface area contributed by atoms with Gasteiger partial charge in [0.1, 0.15) is 0 Å². The first-order chi connectivity index (χ1) is 1.91. The van der Waals surface area contributed by atoms with E-state index in [-0.39, 0.29) is 32.7 Å². The zero-order chi connectivity index (χ0) is 3.41. The van der Waals surface area contributed by atoms with Crippen molar-refractivity contribution in [2.75, 3.05) is 0 Å². The van der Waals surface area contributed by atoms with Crippen LogP contribution >= 0.6 is 0 Å². The van der Waals surface area contributed by atoms with Crippen LogP contribution in [-0.4, -0.2) is 5.11 Å². The summed E-state index contributed by atoms with van der Waals surface area (Å²) >= 11 is 0. The molecule has 0 amide bonds. The summed E-state index contributed by atoms with van der Waals surface area (Å²) in [5, 5.41) is 7.57. The molecule has 0 unspecified atom stereocenters. The largest absolute Gasteiger partial charge is 0.705 e. The van der Waals surface area contributed by atoms with Crippen molar-refractivity contribution in [1.82, 2.24) is 0 Å². The second-order valence-corrected chi connectivity index (χ2v) is 0.418. The van der Waals surface area contributed by atoms with E-state index >= 15 is 0 Å². The van der Waals surface area contributed by atoms with E-state index in [2.05, 4.69) is 0 Å². The molecule has 0 saturated carbocycles. The van der Waals surface area contributed by atoms with Crippen LogP contribution in [-0.2, 0) is 32.7 Å². The van der Waals surface area contributed by atoms with Gasteiger partial charge in [-0.05, 0) is 0 Å². The van der Waals surface area contributed by atoms with Crippen molar-refractivity contribution in [3.8, 4) is 0 Å². The van der Waals surface area contributed by atoms with Gasteiger partial charge in [0, 0.05) is 32.7 Å². The molecular formula is C3H5OY-. The smallest absolute Gasteiger partial charge is 0 e. The van der Waals surface area contributed by atoms with Crippen LogP contribution in [0, 0.1) is 6.26 Å². The molecule has 0 saturated heterocycles. The molecule has 0 aromatic carbocycles. The van der Waals surface area contributed by atoms with Gasteiger partial charge in [0.15, 0.2) is 0 Å². The van der Waals surface area contributed by atoms with Crippen LogP contribution in [0.4, 0.5) is 0 Å². The molecule has 0 aromatic heterocycles. The molecule has 2 heteroatoms. The maximum atomic E-state index is 7.57. The Balaban J connectivity index is 0. The second kappa shape index (κ2) is 8.82. The number of rotatable bonds is 0. The fourth-order valence-corrected chi connectivity index (χ4v) is 0. The van der Waals surface area contributed by atoms with Crippen LogP contribution in [0.15, 0.2) is 6.08 Å². The van der Waals surface area contributed by atoms with Crippen LogP contribution in [0.2, 0.25) is 0 Å². The van der Waals surface area contributed by atoms with Crippen LogP contribution in [0.5, 0.6) is 0 Å². The number of allylic oxidation sites excluding steroid dienone is 1. The third-order valence-electron chi connectivity index (χ3n) is 0.129. The number of aliphatic hydroxyl groups is 1. The molecule has 0 aliphatic carbocycles. The molecule has 27 valence electrons. The van der Waals surface area contributed by atoms with E-state index in [4.69, 9.17) is 5.11 Å². The molecular weight excluding hydrogens is 141 g/mol. The number of aliphatic hydroxyl groups excluding tert-OH is 1. The molecule has 0 rings (SSSR count). The molecule has 0 aliphatic heterocycles. The summed E-state index contributed by atoms with van der Waals surface area (Å²) in [6.07, 6.45) is 3.24. The standard InChI is InChI=1S/C3H5O.Y/c1-2-3-4;/h2,4H,1H3;/q-1;. The van der Waals surface area contributed by atoms with Crippen molar-refractivity contribution < 1.29 is 37.8 Å². The molecule has 1 nitrogen and oxygen atoms in total. The molecule has 5 heavy (non-hydrogen) atoms. The van der Waals surface area contributed by atoms with Crippen LogP contribution < -0.4 is 0 Å². The summed E-state index contributed by atoms with van der Waals surface area (Å²) < 4.78 is 0. The Bertz CT molecular complexity index is 22.1. The molecule has 0 bridgehead atoms. The maximum absolute atomic E-state index is 7.57. The van der Waals surface area contributed by atoms with Crippen LogP contribution in [0.1, 0.15) is 6.92 Å². The first-order valence-corrected chi connectivity index (χ1v) is 1.09. The summed E-state index contributed by atoms with van der Waals surface area (Å²) in [6, 6.07) is 0. The van der Waals surface area contributed by atoms with Gasteiger partial charge in [-0.2, -0.15) is 0 Å². The molecule has 0 fully saturated rings. The average Bonchev–Trinajstić information content (AvgIpc) is 1.37. The van der Waals surface area contributed by atoms with Gasteiger partial charge in [0.2, 0.25) is 0 Å². The van der Waals surface area contributed by atoms with Crippen molar-refractivity contribution >= 4 is 0 Å². The maximum Gasteiger partial charge on any atom is 0 e. The fraction of sp³-hybridized carbons (Fsp3) is 0.333. The van der Waals surface area contributed by atoms with Crippen molar-refractivity contribution in [1.29, 1.82) is 0 Å². The van der Waals surface area contributed by atoms with Gasteiger partial charge in [0.25, 0.3) is 0 Å². The minimum atomic E-state index is 0. The second-order valence-electron chi connectivity index (χ2n) is 0.418. The molecule has 0 aliphatic rings. The van der Waals surface area contributed by atoms with Gasteiger partial charge in [0.05, 0.1) is 0 Å². The SMILES string of the molecule is CC=[C-]O.[Y]. The minimum Gasteiger partial charge on any atom is -0.705 e. The Kier molecular flexibility index (Phi) is 16.2. The minimum absolute atomic E-state index is 0. The predicted octanol–water partition coefficient (Wildman–Crippen LogP) is 0.879. The summed E-state index contributed by atoms with van der Waals surface area (Å²) in [6.45, 7) is 1.69. The molecule has 0 spiro atoms. The molecule has 0 atom stereocenters. The predicted molar refractivity (Wildman–Crippen MR) is 16.1 cm³/mol. The molecule has 0 heterocycles. The molecule has 0 aromatic rings. The monoisotopic (exact) mass is 146 g/mol. The van der Waals surface area contributed by atoms with E-state index in [1.165, 1.54) is 6.08 Å².